The molecule has 0 bridgehead atoms. The highest BCUT2D eigenvalue weighted by atomic mass is 19.1. The fourth-order valence-corrected chi connectivity index (χ4v) is 4.37. The fourth-order valence-electron chi connectivity index (χ4n) is 4.37. The Hall–Kier alpha value is -5.06. The van der Waals surface area contributed by atoms with Crippen molar-refractivity contribution in [3.05, 3.63) is 98.6 Å². The number of aromatic amines is 2. The number of H-pyrrole nitrogens is 2. The van der Waals surface area contributed by atoms with Gasteiger partial charge in [-0.05, 0) is 60.7 Å². The first-order valence-electron chi connectivity index (χ1n) is 12.4. The first-order valence-corrected chi connectivity index (χ1v) is 12.4. The van der Waals surface area contributed by atoms with E-state index in [1.165, 1.54) is 19.1 Å². The fraction of sp³-hybridized carbons (Fsp3) is 0.179. The molecule has 0 saturated heterocycles. The van der Waals surface area contributed by atoms with E-state index in [1.54, 1.807) is 47.1 Å². The van der Waals surface area contributed by atoms with Crippen LogP contribution in [-0.2, 0) is 6.54 Å². The highest BCUT2D eigenvalue weighted by Crippen LogP contribution is 2.27. The normalized spacial score (nSPS) is 14.3. The zero-order valence-corrected chi connectivity index (χ0v) is 20.9. The number of halogens is 1. The van der Waals surface area contributed by atoms with Crippen molar-refractivity contribution in [1.29, 1.82) is 0 Å². The van der Waals surface area contributed by atoms with Crippen LogP contribution in [0.4, 0.5) is 10.2 Å². The number of carbonyl (C=O) groups is 1. The maximum atomic E-state index is 14.3. The molecule has 39 heavy (non-hydrogen) atoms. The van der Waals surface area contributed by atoms with Gasteiger partial charge < -0.3 is 15.4 Å². The lowest BCUT2D eigenvalue weighted by molar-refractivity contribution is 0.101. The minimum absolute atomic E-state index is 0.0477. The Morgan fingerprint density at radius 3 is 2.82 bits per heavy atom. The number of hydrogen-bond donors (Lipinski definition) is 4. The van der Waals surface area contributed by atoms with E-state index in [9.17, 15) is 19.1 Å². The van der Waals surface area contributed by atoms with Crippen LogP contribution >= 0.6 is 0 Å². The largest absolute Gasteiger partial charge is 0.493 e. The van der Waals surface area contributed by atoms with Crippen LogP contribution in [-0.4, -0.2) is 41.5 Å². The SMILES string of the molecule is CC(=O)c1cccc(-c2ccc(F)cc2CNc2cc(=NC3CC3)n3nc/c(=C/c4[nH]c(=O)[nH]c4O)c3n2)c1. The number of hydrogen-bond acceptors (Lipinski definition) is 7. The van der Waals surface area contributed by atoms with E-state index in [4.69, 9.17) is 9.98 Å². The van der Waals surface area contributed by atoms with Gasteiger partial charge in [-0.2, -0.15) is 9.61 Å². The van der Waals surface area contributed by atoms with Gasteiger partial charge in [-0.25, -0.2) is 14.2 Å². The number of aromatic nitrogens is 5. The van der Waals surface area contributed by atoms with E-state index in [2.05, 4.69) is 20.4 Å². The first kappa shape index (κ1) is 24.3. The third kappa shape index (κ3) is 5.06. The Balaban J connectivity index is 1.40. The van der Waals surface area contributed by atoms with Gasteiger partial charge in [0.2, 0.25) is 5.88 Å². The third-order valence-corrected chi connectivity index (χ3v) is 6.48. The molecular formula is C28H24FN7O3. The van der Waals surface area contributed by atoms with Gasteiger partial charge >= 0.3 is 5.69 Å². The van der Waals surface area contributed by atoms with Crippen molar-refractivity contribution in [3.63, 3.8) is 0 Å². The van der Waals surface area contributed by atoms with Crippen LogP contribution in [0.5, 0.6) is 5.88 Å². The van der Waals surface area contributed by atoms with Gasteiger partial charge in [0.1, 0.15) is 17.3 Å². The summed E-state index contributed by atoms with van der Waals surface area (Å²) in [7, 11) is 0. The lowest BCUT2D eigenvalue weighted by atomic mass is 9.97. The van der Waals surface area contributed by atoms with Crippen LogP contribution in [0.1, 0.15) is 41.4 Å². The molecule has 0 spiro atoms. The van der Waals surface area contributed by atoms with Crippen molar-refractivity contribution < 1.29 is 14.3 Å². The molecule has 11 heteroatoms. The van der Waals surface area contributed by atoms with Gasteiger partial charge in [0, 0.05) is 23.4 Å². The van der Waals surface area contributed by atoms with Gasteiger partial charge in [0.05, 0.1) is 12.2 Å². The number of rotatable bonds is 7. The van der Waals surface area contributed by atoms with Crippen molar-refractivity contribution in [2.24, 2.45) is 4.99 Å². The lowest BCUT2D eigenvalue weighted by Gasteiger charge is -2.13. The molecule has 4 N–H and O–H groups in total. The van der Waals surface area contributed by atoms with Crippen LogP contribution in [0.2, 0.25) is 0 Å². The summed E-state index contributed by atoms with van der Waals surface area (Å²) in [6.07, 6.45) is 5.14. The zero-order valence-electron chi connectivity index (χ0n) is 20.9. The smallest absolute Gasteiger partial charge is 0.326 e. The molecule has 0 amide bonds. The van der Waals surface area contributed by atoms with Gasteiger partial charge in [-0.15, -0.1) is 0 Å². The number of Topliss-reactive ketones (excluding diaryl/α,β-unsaturated/α-hetero) is 1. The summed E-state index contributed by atoms with van der Waals surface area (Å²) in [6, 6.07) is 13.8. The van der Waals surface area contributed by atoms with Gasteiger partial charge in [0.15, 0.2) is 16.9 Å². The third-order valence-electron chi connectivity index (χ3n) is 6.48. The van der Waals surface area contributed by atoms with Crippen molar-refractivity contribution in [1.82, 2.24) is 24.6 Å². The molecule has 1 aliphatic rings. The summed E-state index contributed by atoms with van der Waals surface area (Å²) in [5, 5.41) is 18.3. The molecule has 0 aliphatic heterocycles. The Morgan fingerprint density at radius 2 is 2.08 bits per heavy atom. The van der Waals surface area contributed by atoms with Crippen LogP contribution in [0, 0.1) is 5.82 Å². The number of nitrogens with one attached hydrogen (secondary N) is 3. The number of aromatic hydroxyl groups is 1. The van der Waals surface area contributed by atoms with Gasteiger partial charge in [-0.1, -0.05) is 24.3 Å². The second-order valence-electron chi connectivity index (χ2n) is 9.47. The molecule has 1 fully saturated rings. The maximum absolute atomic E-state index is 14.3. The standard InChI is InChI=1S/C28H24FN7O3/c1-15(37)16-3-2-4-17(9-16)22-8-5-20(29)10-18(22)13-30-24-12-25(32-21-6-7-21)36-26(34-24)19(14-31-36)11-23-27(38)35-28(39)33-23/h2-5,8-12,14,21,30,38H,6-7,13H2,1H3,(H2,33,35,39)/b19-11-,32-25?. The minimum Gasteiger partial charge on any atom is -0.493 e. The number of fused-ring (bicyclic) bond motifs is 1. The van der Waals surface area contributed by atoms with E-state index in [0.717, 1.165) is 24.0 Å². The Bertz CT molecular complexity index is 1920. The highest BCUT2D eigenvalue weighted by molar-refractivity contribution is 5.95. The number of nitrogens with zero attached hydrogens (tertiary/aromatic N) is 4. The molecule has 5 aromatic rings. The summed E-state index contributed by atoms with van der Waals surface area (Å²) < 4.78 is 15.9. The molecule has 0 radical (unpaired) electrons. The first-order chi connectivity index (χ1) is 18.8. The van der Waals surface area contributed by atoms with Crippen molar-refractivity contribution in [2.45, 2.75) is 32.4 Å². The Labute approximate surface area is 220 Å². The van der Waals surface area contributed by atoms with Crippen LogP contribution in [0.3, 0.4) is 0 Å². The molecule has 0 atom stereocenters. The van der Waals surface area contributed by atoms with Crippen LogP contribution in [0.15, 0.2) is 64.5 Å². The second kappa shape index (κ2) is 9.67. The number of anilines is 1. The van der Waals surface area contributed by atoms with Gasteiger partial charge in [0.25, 0.3) is 0 Å². The molecule has 2 aromatic carbocycles. The second-order valence-corrected chi connectivity index (χ2v) is 9.47. The lowest BCUT2D eigenvalue weighted by Crippen LogP contribution is -2.20. The van der Waals surface area contributed by atoms with Gasteiger partial charge in [-0.3, -0.25) is 14.8 Å². The average molecular weight is 526 g/mol. The molecule has 1 saturated carbocycles. The highest BCUT2D eigenvalue weighted by Gasteiger charge is 2.20. The topological polar surface area (TPSA) is 141 Å². The van der Waals surface area contributed by atoms with Crippen LogP contribution in [0.25, 0.3) is 22.9 Å². The van der Waals surface area contributed by atoms with E-state index in [-0.39, 0.29) is 35.8 Å². The maximum Gasteiger partial charge on any atom is 0.326 e. The summed E-state index contributed by atoms with van der Waals surface area (Å²) in [6.45, 7) is 1.76. The summed E-state index contributed by atoms with van der Waals surface area (Å²) in [4.78, 5) is 37.8. The number of benzene rings is 2. The van der Waals surface area contributed by atoms with Crippen LogP contribution < -0.4 is 21.7 Å². The monoisotopic (exact) mass is 525 g/mol. The van der Waals surface area contributed by atoms with E-state index in [1.807, 2.05) is 6.07 Å². The predicted molar refractivity (Wildman–Crippen MR) is 143 cm³/mol. The van der Waals surface area contributed by atoms with Crippen molar-refractivity contribution in [3.8, 4) is 17.0 Å². The molecular weight excluding hydrogens is 501 g/mol. The van der Waals surface area contributed by atoms with E-state index < -0.39 is 5.69 Å². The quantitative estimate of drug-likeness (QED) is 0.241. The molecule has 10 nitrogen and oxygen atoms in total. The molecule has 3 aromatic heterocycles. The minimum atomic E-state index is -0.533. The molecule has 196 valence electrons. The Morgan fingerprint density at radius 1 is 1.23 bits per heavy atom. The molecule has 3 heterocycles. The predicted octanol–water partition coefficient (Wildman–Crippen LogP) is 2.68. The number of imidazole rings is 1. The Kier molecular flexibility index (Phi) is 6.02. The zero-order chi connectivity index (χ0) is 27.1. The average Bonchev–Trinajstić information content (AvgIpc) is 3.55. The van der Waals surface area contributed by atoms with Crippen molar-refractivity contribution in [2.75, 3.05) is 5.32 Å². The summed E-state index contributed by atoms with van der Waals surface area (Å²) in [5.41, 5.74) is 3.60. The molecule has 6 rings (SSSR count). The number of carbonyl (C=O) groups excluding carboxylic acids is 1. The molecule has 0 unspecified atom stereocenters. The van der Waals surface area contributed by atoms with Crippen molar-refractivity contribution >= 4 is 23.3 Å². The number of ketones is 1. The summed E-state index contributed by atoms with van der Waals surface area (Å²) in [5.74, 6) is -0.215. The van der Waals surface area contributed by atoms with E-state index in [0.29, 0.717) is 33.3 Å². The molecule has 1 aliphatic carbocycles. The summed E-state index contributed by atoms with van der Waals surface area (Å²) >= 11 is 0. The van der Waals surface area contributed by atoms with E-state index >= 15 is 0 Å².